The van der Waals surface area contributed by atoms with Gasteiger partial charge in [-0.1, -0.05) is 53.3 Å². The third kappa shape index (κ3) is 10.6. The predicted octanol–water partition coefficient (Wildman–Crippen LogP) is 10.6. The van der Waals surface area contributed by atoms with Crippen molar-refractivity contribution in [3.05, 3.63) is 131 Å². The summed E-state index contributed by atoms with van der Waals surface area (Å²) in [6.45, 7) is 1.53. The van der Waals surface area contributed by atoms with Gasteiger partial charge in [0.1, 0.15) is 27.2 Å². The lowest BCUT2D eigenvalue weighted by Crippen LogP contribution is -2.05. The molecule has 0 spiro atoms. The monoisotopic (exact) mass is 1050 g/mol. The van der Waals surface area contributed by atoms with E-state index in [4.69, 9.17) is 11.6 Å². The van der Waals surface area contributed by atoms with Crippen molar-refractivity contribution in [2.24, 2.45) is 20.5 Å². The molecule has 6 aromatic carbocycles. The van der Waals surface area contributed by atoms with Crippen LogP contribution in [0.5, 0.6) is 0 Å². The molecule has 27 heteroatoms. The smallest absolute Gasteiger partial charge is 0.295 e. The number of nitriles is 1. The lowest BCUT2D eigenvalue weighted by molar-refractivity contribution is 0.481. The molecule has 0 saturated heterocycles. The minimum atomic E-state index is -4.99. The average molecular weight is 1050 g/mol. The van der Waals surface area contributed by atoms with Gasteiger partial charge in [0.2, 0.25) is 5.13 Å². The van der Waals surface area contributed by atoms with E-state index in [1.165, 1.54) is 43.3 Å². The Morgan fingerprint density at radius 2 is 1.20 bits per heavy atom. The summed E-state index contributed by atoms with van der Waals surface area (Å²) in [5.41, 5.74) is 1.05. The highest BCUT2D eigenvalue weighted by Gasteiger charge is 2.23. The molecule has 0 amide bonds. The van der Waals surface area contributed by atoms with Crippen molar-refractivity contribution in [1.29, 1.82) is 5.26 Å². The second kappa shape index (κ2) is 18.4. The molecule has 0 aliphatic carbocycles. The Balaban J connectivity index is 1.26. The van der Waals surface area contributed by atoms with E-state index in [9.17, 15) is 57.1 Å². The summed E-state index contributed by atoms with van der Waals surface area (Å²) in [5, 5.41) is 35.2. The predicted molar refractivity (Wildman–Crippen MR) is 255 cm³/mol. The second-order valence-electron chi connectivity index (χ2n) is 14.5. The molecule has 0 radical (unpaired) electrons. The highest BCUT2D eigenvalue weighted by Crippen LogP contribution is 2.44. The quantitative estimate of drug-likeness (QED) is 0.0461. The Morgan fingerprint density at radius 1 is 0.609 bits per heavy atom. The Kier molecular flexibility index (Phi) is 12.9. The number of aromatic nitrogens is 2. The maximum Gasteiger partial charge on any atom is 0.295 e. The van der Waals surface area contributed by atoms with E-state index in [1.54, 1.807) is 36.4 Å². The van der Waals surface area contributed by atoms with E-state index in [0.717, 1.165) is 64.6 Å². The van der Waals surface area contributed by atoms with Crippen molar-refractivity contribution in [3.63, 3.8) is 0 Å². The first-order chi connectivity index (χ1) is 32.5. The summed E-state index contributed by atoms with van der Waals surface area (Å²) >= 11 is 7.07. The minimum absolute atomic E-state index is 0.0243. The van der Waals surface area contributed by atoms with Crippen molar-refractivity contribution in [3.8, 4) is 17.3 Å². The SMILES string of the molecule is Cc1c(C#N)c(Nc2ccc(S(=O)(=O)O)cc2)nc(Nc2ccc(S(=O)(=O)O)cc2)c1N=Nc1nc(-c2ccc3cc(Cl)ccc3c2)c(N=Nc2cc(S(=O)(=O)O)c3cccc(S(=O)(=O)O)c3c2)s1. The fraction of sp³-hybridized carbons (Fsp3) is 0.0238. The van der Waals surface area contributed by atoms with Gasteiger partial charge in [0, 0.05) is 38.3 Å². The van der Waals surface area contributed by atoms with Gasteiger partial charge in [0.15, 0.2) is 16.6 Å². The summed E-state index contributed by atoms with van der Waals surface area (Å²) in [4.78, 5) is 7.07. The van der Waals surface area contributed by atoms with Crippen LogP contribution < -0.4 is 10.6 Å². The topological polar surface area (TPSA) is 341 Å². The second-order valence-corrected chi connectivity index (χ2v) is 21.5. The summed E-state index contributed by atoms with van der Waals surface area (Å²) < 4.78 is 135. The molecule has 0 fully saturated rings. The maximum absolute atomic E-state index is 12.5. The van der Waals surface area contributed by atoms with Crippen molar-refractivity contribution < 1.29 is 51.9 Å². The van der Waals surface area contributed by atoms with Crippen LogP contribution in [0.1, 0.15) is 11.1 Å². The van der Waals surface area contributed by atoms with Crippen LogP contribution in [0.3, 0.4) is 0 Å². The van der Waals surface area contributed by atoms with Gasteiger partial charge >= 0.3 is 0 Å². The first kappa shape index (κ1) is 48.3. The number of pyridine rings is 1. The molecule has 2 heterocycles. The van der Waals surface area contributed by atoms with E-state index in [0.29, 0.717) is 10.6 Å². The van der Waals surface area contributed by atoms with E-state index in [2.05, 4.69) is 47.1 Å². The van der Waals surface area contributed by atoms with Crippen LogP contribution in [0, 0.1) is 18.3 Å². The summed E-state index contributed by atoms with van der Waals surface area (Å²) in [6.07, 6.45) is 0. The van der Waals surface area contributed by atoms with Crippen molar-refractivity contribution in [1.82, 2.24) is 9.97 Å². The number of rotatable bonds is 13. The number of fused-ring (bicyclic) bond motifs is 2. The third-order valence-electron chi connectivity index (χ3n) is 9.98. The average Bonchev–Trinajstić information content (AvgIpc) is 3.69. The van der Waals surface area contributed by atoms with Crippen molar-refractivity contribution >= 4 is 129 Å². The number of hydrogen-bond acceptors (Lipinski definition) is 18. The van der Waals surface area contributed by atoms with Gasteiger partial charge in [-0.25, -0.2) is 9.97 Å². The molecule has 350 valence electrons. The Labute approximate surface area is 400 Å². The largest absolute Gasteiger partial charge is 0.339 e. The number of nitrogens with one attached hydrogen (secondary N) is 2. The Hall–Kier alpha value is -7.16. The molecule has 6 N–H and O–H groups in total. The lowest BCUT2D eigenvalue weighted by Gasteiger charge is -2.16. The Morgan fingerprint density at radius 3 is 1.80 bits per heavy atom. The zero-order valence-electron chi connectivity index (χ0n) is 34.6. The number of anilines is 4. The number of halogens is 1. The zero-order valence-corrected chi connectivity index (χ0v) is 39.4. The van der Waals surface area contributed by atoms with Gasteiger partial charge in [-0.2, -0.15) is 38.9 Å². The van der Waals surface area contributed by atoms with Gasteiger partial charge in [-0.15, -0.1) is 20.5 Å². The molecule has 0 unspecified atom stereocenters. The number of thiazole rings is 1. The minimum Gasteiger partial charge on any atom is -0.339 e. The maximum atomic E-state index is 12.5. The van der Waals surface area contributed by atoms with Crippen LogP contribution >= 0.6 is 22.9 Å². The number of hydrogen-bond donors (Lipinski definition) is 6. The molecule has 0 atom stereocenters. The van der Waals surface area contributed by atoms with Crippen LogP contribution in [0.25, 0.3) is 32.8 Å². The molecule has 0 saturated carbocycles. The fourth-order valence-electron chi connectivity index (χ4n) is 6.79. The number of azo groups is 2. The first-order valence-electron chi connectivity index (χ1n) is 19.2. The summed E-state index contributed by atoms with van der Waals surface area (Å²) in [6, 6.07) is 27.8. The molecule has 8 rings (SSSR count). The number of nitrogens with zero attached hydrogens (tertiary/aromatic N) is 7. The van der Waals surface area contributed by atoms with Gasteiger partial charge in [-0.3, -0.25) is 18.2 Å². The normalized spacial score (nSPS) is 12.5. The Bertz CT molecular complexity index is 4000. The van der Waals surface area contributed by atoms with E-state index in [-0.39, 0.29) is 77.0 Å². The van der Waals surface area contributed by atoms with E-state index >= 15 is 0 Å². The fourth-order valence-corrected chi connectivity index (χ4v) is 10.1. The first-order valence-corrected chi connectivity index (χ1v) is 26.1. The van der Waals surface area contributed by atoms with E-state index in [1.807, 2.05) is 0 Å². The number of benzene rings is 6. The molecule has 2 aromatic heterocycles. The molecule has 21 nitrogen and oxygen atoms in total. The molecular weight excluding hydrogens is 1020 g/mol. The van der Waals surface area contributed by atoms with Gasteiger partial charge in [-0.05, 0) is 103 Å². The molecule has 8 aromatic rings. The summed E-state index contributed by atoms with van der Waals surface area (Å²) in [5.74, 6) is -0.0935. The highest BCUT2D eigenvalue weighted by molar-refractivity contribution is 7.86. The van der Waals surface area contributed by atoms with Crippen LogP contribution in [-0.4, -0.2) is 61.9 Å². The van der Waals surface area contributed by atoms with Crippen LogP contribution in [0.4, 0.5) is 44.5 Å². The molecule has 0 aliphatic rings. The van der Waals surface area contributed by atoms with Crippen LogP contribution in [0.2, 0.25) is 5.02 Å². The van der Waals surface area contributed by atoms with Crippen molar-refractivity contribution in [2.45, 2.75) is 26.5 Å². The van der Waals surface area contributed by atoms with Gasteiger partial charge < -0.3 is 10.6 Å². The highest BCUT2D eigenvalue weighted by atomic mass is 35.5. The molecule has 0 bridgehead atoms. The molecule has 0 aliphatic heterocycles. The van der Waals surface area contributed by atoms with E-state index < -0.39 is 55.2 Å². The van der Waals surface area contributed by atoms with Crippen LogP contribution in [-0.2, 0) is 40.5 Å². The van der Waals surface area contributed by atoms with Gasteiger partial charge in [0.25, 0.3) is 40.5 Å². The van der Waals surface area contributed by atoms with Gasteiger partial charge in [0.05, 0.1) is 21.0 Å². The third-order valence-corrected chi connectivity index (χ3v) is 14.6. The lowest BCUT2D eigenvalue weighted by atomic mass is 10.1. The molecule has 69 heavy (non-hydrogen) atoms. The summed E-state index contributed by atoms with van der Waals surface area (Å²) in [7, 11) is -19.0. The van der Waals surface area contributed by atoms with Crippen molar-refractivity contribution in [2.75, 3.05) is 10.6 Å². The molecular formula is C42H28ClN9O12S5. The zero-order chi connectivity index (χ0) is 49.6. The standard InChI is InChI=1S/C42H28ClN9O12S5/c1-22-34(21-44)39(45-27-9-13-30(14-10-27)66(53,54)55)48-40(46-28-11-15-31(16-12-28)67(56,57)58)37(22)50-52-42-47-38(25-6-5-24-18-26(43)8-7-23(24)17-25)41(65-42)51-49-29-19-33-32(36(20-29)69(62,63)64)3-2-4-35(33)68(59,60)61/h2-20H,1H3,(H2,45,46,48)(H,53,54,55)(H,56,57,58)(H,59,60,61)(H,62,63,64). The van der Waals surface area contributed by atoms with Crippen LogP contribution in [0.15, 0.2) is 155 Å².